The average Bonchev–Trinajstić information content (AvgIpc) is 2.85. The number of unbranched alkanes of at least 4 members (excludes halogenated alkanes) is 14. The molecule has 0 saturated carbocycles. The second-order valence-corrected chi connectivity index (χ2v) is 13.4. The zero-order chi connectivity index (χ0) is 29.1. The Balaban J connectivity index is 2.23. The van der Waals surface area contributed by atoms with Crippen LogP contribution in [0.1, 0.15) is 167 Å². The Labute approximate surface area is 241 Å². The summed E-state index contributed by atoms with van der Waals surface area (Å²) in [5, 5.41) is 2.80. The molecule has 7 heteroatoms. The third-order valence-corrected chi connectivity index (χ3v) is 8.60. The first-order valence-electron chi connectivity index (χ1n) is 15.8. The van der Waals surface area contributed by atoms with Gasteiger partial charge in [-0.3, -0.25) is 0 Å². The lowest BCUT2D eigenvalue weighted by Crippen LogP contribution is -2.45. The van der Waals surface area contributed by atoms with Crippen molar-refractivity contribution in [2.75, 3.05) is 5.32 Å². The van der Waals surface area contributed by atoms with Gasteiger partial charge >= 0.3 is 16.2 Å². The van der Waals surface area contributed by atoms with Crippen LogP contribution in [-0.2, 0) is 10.2 Å². The molecule has 1 aromatic rings. The number of hydrogen-bond acceptors (Lipinski definition) is 3. The maximum absolute atomic E-state index is 12.6. The fourth-order valence-corrected chi connectivity index (χ4v) is 6.13. The molecule has 0 aliphatic heterocycles. The van der Waals surface area contributed by atoms with Gasteiger partial charge in [0.05, 0.1) is 0 Å². The highest BCUT2D eigenvalue weighted by Gasteiger charge is 2.20. The second kappa shape index (κ2) is 20.3. The van der Waals surface area contributed by atoms with E-state index in [0.29, 0.717) is 5.69 Å². The Morgan fingerprint density at radius 2 is 1.10 bits per heavy atom. The van der Waals surface area contributed by atoms with Crippen LogP contribution < -0.4 is 14.8 Å². The molecule has 0 bridgehead atoms. The standard InChI is InChI=1S/C32H59N3O3S/c1-7-8-9-10-11-12-13-14-15-16-17-18-19-20-21-23-28(6)34-39(37,38)35-32(36)33-31-29(26(2)3)24-22-25-30(31)27(4)5/h22,24-28,34H,7-21,23H2,1-6H3,(H2,33,35,36). The normalized spacial score (nSPS) is 12.7. The van der Waals surface area contributed by atoms with Crippen molar-refractivity contribution in [3.63, 3.8) is 0 Å². The van der Waals surface area contributed by atoms with Crippen LogP contribution >= 0.6 is 0 Å². The number of carbonyl (C=O) groups excluding carboxylic acids is 1. The van der Waals surface area contributed by atoms with Gasteiger partial charge in [-0.1, -0.05) is 149 Å². The second-order valence-electron chi connectivity index (χ2n) is 11.9. The van der Waals surface area contributed by atoms with E-state index in [1.165, 1.54) is 83.5 Å². The number of amides is 2. The lowest BCUT2D eigenvalue weighted by Gasteiger charge is -2.21. The Morgan fingerprint density at radius 3 is 1.51 bits per heavy atom. The van der Waals surface area contributed by atoms with Crippen LogP contribution in [0, 0.1) is 0 Å². The molecule has 39 heavy (non-hydrogen) atoms. The molecule has 0 radical (unpaired) electrons. The summed E-state index contributed by atoms with van der Waals surface area (Å²) < 4.78 is 29.8. The summed E-state index contributed by atoms with van der Waals surface area (Å²) in [4.78, 5) is 12.6. The highest BCUT2D eigenvalue weighted by Crippen LogP contribution is 2.32. The molecule has 0 heterocycles. The summed E-state index contributed by atoms with van der Waals surface area (Å²) in [7, 11) is -3.95. The number of carbonyl (C=O) groups is 1. The van der Waals surface area contributed by atoms with Gasteiger partial charge in [0.15, 0.2) is 0 Å². The minimum absolute atomic E-state index is 0.198. The summed E-state index contributed by atoms with van der Waals surface area (Å²) in [6, 6.07) is 4.95. The summed E-state index contributed by atoms with van der Waals surface area (Å²) in [6.07, 6.45) is 20.4. The molecule has 0 aliphatic rings. The fourth-order valence-electron chi connectivity index (χ4n) is 5.13. The predicted octanol–water partition coefficient (Wildman–Crippen LogP) is 9.54. The summed E-state index contributed by atoms with van der Waals surface area (Å²) in [6.45, 7) is 12.3. The largest absolute Gasteiger partial charge is 0.333 e. The van der Waals surface area contributed by atoms with Crippen LogP contribution in [0.4, 0.5) is 10.5 Å². The number of hydrogen-bond donors (Lipinski definition) is 3. The number of para-hydroxylation sites is 1. The SMILES string of the molecule is CCCCCCCCCCCCCCCCCC(C)NS(=O)(=O)NC(=O)Nc1c(C(C)C)cccc1C(C)C. The topological polar surface area (TPSA) is 87.3 Å². The lowest BCUT2D eigenvalue weighted by molar-refractivity contribution is 0.256. The quantitative estimate of drug-likeness (QED) is 0.122. The Kier molecular flexibility index (Phi) is 18.4. The molecule has 0 saturated heterocycles. The summed E-state index contributed by atoms with van der Waals surface area (Å²) in [5.74, 6) is 0.396. The molecule has 0 spiro atoms. The van der Waals surface area contributed by atoms with Gasteiger partial charge in [-0.15, -0.1) is 0 Å². The van der Waals surface area contributed by atoms with Crippen LogP contribution in [-0.4, -0.2) is 20.5 Å². The van der Waals surface area contributed by atoms with Crippen molar-refractivity contribution in [1.29, 1.82) is 0 Å². The minimum Gasteiger partial charge on any atom is -0.307 e. The molecular weight excluding hydrogens is 506 g/mol. The summed E-state index contributed by atoms with van der Waals surface area (Å²) in [5.41, 5.74) is 2.67. The molecule has 6 nitrogen and oxygen atoms in total. The molecule has 1 aromatic carbocycles. The molecule has 0 fully saturated rings. The Hall–Kier alpha value is -1.60. The van der Waals surface area contributed by atoms with Crippen molar-refractivity contribution in [2.24, 2.45) is 0 Å². The van der Waals surface area contributed by atoms with E-state index < -0.39 is 16.2 Å². The lowest BCUT2D eigenvalue weighted by atomic mass is 9.93. The molecule has 226 valence electrons. The first kappa shape index (κ1) is 35.4. The first-order valence-corrected chi connectivity index (χ1v) is 17.3. The third kappa shape index (κ3) is 16.3. The number of benzene rings is 1. The smallest absolute Gasteiger partial charge is 0.307 e. The Bertz CT molecular complexity index is 874. The van der Waals surface area contributed by atoms with Gasteiger partial charge in [-0.05, 0) is 36.3 Å². The first-order chi connectivity index (χ1) is 18.6. The zero-order valence-electron chi connectivity index (χ0n) is 25.9. The van der Waals surface area contributed by atoms with Gasteiger partial charge in [0.2, 0.25) is 0 Å². The van der Waals surface area contributed by atoms with Crippen LogP contribution in [0.25, 0.3) is 0 Å². The van der Waals surface area contributed by atoms with E-state index >= 15 is 0 Å². The van der Waals surface area contributed by atoms with E-state index in [9.17, 15) is 13.2 Å². The monoisotopic (exact) mass is 565 g/mol. The van der Waals surface area contributed by atoms with E-state index in [0.717, 1.165) is 30.4 Å². The molecule has 2 amide bonds. The van der Waals surface area contributed by atoms with Gasteiger partial charge in [0, 0.05) is 11.7 Å². The van der Waals surface area contributed by atoms with E-state index in [2.05, 4.69) is 49.4 Å². The zero-order valence-corrected chi connectivity index (χ0v) is 26.7. The van der Waals surface area contributed by atoms with E-state index in [4.69, 9.17) is 0 Å². The van der Waals surface area contributed by atoms with Crippen molar-refractivity contribution in [3.8, 4) is 0 Å². The number of rotatable bonds is 22. The molecule has 3 N–H and O–H groups in total. The predicted molar refractivity (Wildman–Crippen MR) is 168 cm³/mol. The van der Waals surface area contributed by atoms with Gasteiger partial charge < -0.3 is 5.32 Å². The third-order valence-electron chi connectivity index (χ3n) is 7.44. The van der Waals surface area contributed by atoms with Crippen molar-refractivity contribution < 1.29 is 13.2 Å². The van der Waals surface area contributed by atoms with Crippen LogP contribution in [0.3, 0.4) is 0 Å². The molecule has 0 aromatic heterocycles. The fraction of sp³-hybridized carbons (Fsp3) is 0.781. The highest BCUT2D eigenvalue weighted by atomic mass is 32.2. The van der Waals surface area contributed by atoms with Crippen molar-refractivity contribution in [1.82, 2.24) is 9.44 Å². The van der Waals surface area contributed by atoms with E-state index in [1.807, 2.05) is 25.1 Å². The van der Waals surface area contributed by atoms with Crippen molar-refractivity contribution in [3.05, 3.63) is 29.3 Å². The molecule has 1 unspecified atom stereocenters. The van der Waals surface area contributed by atoms with Gasteiger partial charge in [-0.2, -0.15) is 13.1 Å². The van der Waals surface area contributed by atoms with Crippen molar-refractivity contribution >= 4 is 21.9 Å². The molecular formula is C32H59N3O3S. The van der Waals surface area contributed by atoms with Crippen LogP contribution in [0.15, 0.2) is 18.2 Å². The molecule has 1 atom stereocenters. The minimum atomic E-state index is -3.95. The van der Waals surface area contributed by atoms with Crippen molar-refractivity contribution in [2.45, 2.75) is 162 Å². The van der Waals surface area contributed by atoms with E-state index in [-0.39, 0.29) is 17.9 Å². The van der Waals surface area contributed by atoms with Crippen LogP contribution in [0.2, 0.25) is 0 Å². The summed E-state index contributed by atoms with van der Waals surface area (Å²) >= 11 is 0. The van der Waals surface area contributed by atoms with Gasteiger partial charge in [0.1, 0.15) is 0 Å². The Morgan fingerprint density at radius 1 is 0.692 bits per heavy atom. The molecule has 0 aliphatic carbocycles. The van der Waals surface area contributed by atoms with Gasteiger partial charge in [-0.25, -0.2) is 9.52 Å². The highest BCUT2D eigenvalue weighted by molar-refractivity contribution is 7.88. The van der Waals surface area contributed by atoms with E-state index in [1.54, 1.807) is 0 Å². The maximum Gasteiger partial charge on any atom is 0.333 e. The average molecular weight is 566 g/mol. The van der Waals surface area contributed by atoms with Crippen LogP contribution in [0.5, 0.6) is 0 Å². The number of urea groups is 1. The maximum atomic E-state index is 12.6. The molecule has 1 rings (SSSR count). The number of nitrogens with one attached hydrogen (secondary N) is 3. The number of anilines is 1. The van der Waals surface area contributed by atoms with Gasteiger partial charge in [0.25, 0.3) is 0 Å².